The van der Waals surface area contributed by atoms with Gasteiger partial charge in [-0.3, -0.25) is 0 Å². The molecule has 1 aromatic rings. The van der Waals surface area contributed by atoms with E-state index in [4.69, 9.17) is 5.11 Å². The van der Waals surface area contributed by atoms with Crippen molar-refractivity contribution >= 4 is 10.0 Å². The highest BCUT2D eigenvalue weighted by Crippen LogP contribution is 2.09. The molecule has 0 aliphatic carbocycles. The zero-order valence-corrected chi connectivity index (χ0v) is 8.00. The van der Waals surface area contributed by atoms with Crippen molar-refractivity contribution in [2.24, 2.45) is 0 Å². The molecule has 0 saturated heterocycles. The smallest absolute Gasteiger partial charge is 0.209 e. The molecule has 0 spiro atoms. The Morgan fingerprint density at radius 1 is 1.31 bits per heavy atom. The summed E-state index contributed by atoms with van der Waals surface area (Å²) in [6.45, 7) is 0.249. The van der Waals surface area contributed by atoms with Crippen molar-refractivity contribution in [3.05, 3.63) is 29.8 Å². The van der Waals surface area contributed by atoms with E-state index in [1.54, 1.807) is 12.1 Å². The molecule has 0 heterocycles. The fourth-order valence-electron chi connectivity index (χ4n) is 0.828. The number of sulfonamides is 1. The Balaban J connectivity index is 2.61. The molecule has 0 bridgehead atoms. The summed E-state index contributed by atoms with van der Waals surface area (Å²) in [7, 11) is -3.14. The topological polar surface area (TPSA) is 66.4 Å². The minimum Gasteiger partial charge on any atom is -0.508 e. The highest BCUT2D eigenvalue weighted by Gasteiger charge is 2.00. The van der Waals surface area contributed by atoms with E-state index in [-0.39, 0.29) is 12.3 Å². The molecule has 72 valence electrons. The minimum absolute atomic E-state index is 0.170. The van der Waals surface area contributed by atoms with E-state index >= 15 is 0 Å². The summed E-state index contributed by atoms with van der Waals surface area (Å²) < 4.78 is 23.8. The van der Waals surface area contributed by atoms with Crippen LogP contribution >= 0.6 is 0 Å². The highest BCUT2D eigenvalue weighted by molar-refractivity contribution is 7.88. The van der Waals surface area contributed by atoms with Crippen molar-refractivity contribution in [2.75, 3.05) is 6.26 Å². The van der Waals surface area contributed by atoms with Crippen LogP contribution in [0.15, 0.2) is 24.3 Å². The Hall–Kier alpha value is -1.07. The molecular formula is C8H11NO3S. The molecule has 0 amide bonds. The SMILES string of the molecule is CS(=O)(=O)NCc1ccc(O)cc1. The van der Waals surface area contributed by atoms with Gasteiger partial charge in [0.05, 0.1) is 6.26 Å². The van der Waals surface area contributed by atoms with Gasteiger partial charge in [0.25, 0.3) is 0 Å². The van der Waals surface area contributed by atoms with E-state index in [1.165, 1.54) is 12.1 Å². The van der Waals surface area contributed by atoms with Gasteiger partial charge in [-0.2, -0.15) is 0 Å². The molecule has 0 unspecified atom stereocenters. The van der Waals surface area contributed by atoms with Crippen LogP contribution in [0.4, 0.5) is 0 Å². The zero-order chi connectivity index (χ0) is 9.90. The lowest BCUT2D eigenvalue weighted by molar-refractivity contribution is 0.475. The van der Waals surface area contributed by atoms with Crippen LogP contribution in [0.5, 0.6) is 5.75 Å². The first-order chi connectivity index (χ1) is 5.97. The van der Waals surface area contributed by atoms with Crippen LogP contribution in [0.2, 0.25) is 0 Å². The second kappa shape index (κ2) is 3.76. The molecule has 0 aliphatic rings. The lowest BCUT2D eigenvalue weighted by Crippen LogP contribution is -2.21. The first kappa shape index (κ1) is 10.0. The molecular weight excluding hydrogens is 190 g/mol. The van der Waals surface area contributed by atoms with Crippen molar-refractivity contribution in [2.45, 2.75) is 6.54 Å². The highest BCUT2D eigenvalue weighted by atomic mass is 32.2. The second-order valence-corrected chi connectivity index (χ2v) is 4.59. The molecule has 1 rings (SSSR count). The largest absolute Gasteiger partial charge is 0.508 e. The average molecular weight is 201 g/mol. The molecule has 0 radical (unpaired) electrons. The van der Waals surface area contributed by atoms with Crippen LogP contribution in [-0.4, -0.2) is 19.8 Å². The van der Waals surface area contributed by atoms with E-state index in [0.717, 1.165) is 11.8 Å². The molecule has 0 aromatic heterocycles. The summed E-state index contributed by atoms with van der Waals surface area (Å²) in [5.74, 6) is 0.170. The quantitative estimate of drug-likeness (QED) is 0.745. The van der Waals surface area contributed by atoms with Crippen molar-refractivity contribution < 1.29 is 13.5 Å². The number of aromatic hydroxyl groups is 1. The van der Waals surface area contributed by atoms with E-state index in [1.807, 2.05) is 0 Å². The average Bonchev–Trinajstić information content (AvgIpc) is 2.02. The van der Waals surface area contributed by atoms with Gasteiger partial charge in [-0.1, -0.05) is 12.1 Å². The van der Waals surface area contributed by atoms with Gasteiger partial charge in [-0.25, -0.2) is 13.1 Å². The molecule has 1 aromatic carbocycles. The van der Waals surface area contributed by atoms with Gasteiger partial charge in [-0.05, 0) is 17.7 Å². The summed E-state index contributed by atoms with van der Waals surface area (Å²) in [6, 6.07) is 6.35. The predicted octanol–water partition coefficient (Wildman–Crippen LogP) is 0.441. The summed E-state index contributed by atoms with van der Waals surface area (Å²) in [5, 5.41) is 8.95. The number of nitrogens with one attached hydrogen (secondary N) is 1. The molecule has 5 heteroatoms. The van der Waals surface area contributed by atoms with Crippen molar-refractivity contribution in [3.63, 3.8) is 0 Å². The summed E-state index contributed by atoms with van der Waals surface area (Å²) in [5.41, 5.74) is 0.809. The standard InChI is InChI=1S/C8H11NO3S/c1-13(11,12)9-6-7-2-4-8(10)5-3-7/h2-5,9-10H,6H2,1H3. The van der Waals surface area contributed by atoms with Gasteiger partial charge >= 0.3 is 0 Å². The first-order valence-electron chi connectivity index (χ1n) is 3.70. The molecule has 0 fully saturated rings. The molecule has 0 aliphatic heterocycles. The summed E-state index contributed by atoms with van der Waals surface area (Å²) in [4.78, 5) is 0. The summed E-state index contributed by atoms with van der Waals surface area (Å²) >= 11 is 0. The molecule has 4 nitrogen and oxygen atoms in total. The van der Waals surface area contributed by atoms with E-state index < -0.39 is 10.0 Å². The number of hydrogen-bond donors (Lipinski definition) is 2. The van der Waals surface area contributed by atoms with Crippen molar-refractivity contribution in [1.29, 1.82) is 0 Å². The monoisotopic (exact) mass is 201 g/mol. The number of hydrogen-bond acceptors (Lipinski definition) is 3. The Kier molecular flexibility index (Phi) is 2.90. The number of phenols is 1. The lowest BCUT2D eigenvalue weighted by Gasteiger charge is -2.01. The fourth-order valence-corrected chi connectivity index (χ4v) is 1.26. The minimum atomic E-state index is -3.14. The van der Waals surface area contributed by atoms with Gasteiger partial charge in [0.1, 0.15) is 5.75 Å². The Morgan fingerprint density at radius 2 is 1.85 bits per heavy atom. The van der Waals surface area contributed by atoms with Crippen molar-refractivity contribution in [1.82, 2.24) is 4.72 Å². The predicted molar refractivity (Wildman–Crippen MR) is 49.8 cm³/mol. The van der Waals surface area contributed by atoms with Crippen LogP contribution in [0.25, 0.3) is 0 Å². The maximum Gasteiger partial charge on any atom is 0.209 e. The molecule has 0 saturated carbocycles. The van der Waals surface area contributed by atoms with E-state index in [2.05, 4.69) is 4.72 Å². The zero-order valence-electron chi connectivity index (χ0n) is 7.19. The van der Waals surface area contributed by atoms with Gasteiger partial charge in [0.2, 0.25) is 10.0 Å². The van der Waals surface area contributed by atoms with Crippen molar-refractivity contribution in [3.8, 4) is 5.75 Å². The Morgan fingerprint density at radius 3 is 2.31 bits per heavy atom. The summed E-state index contributed by atoms with van der Waals surface area (Å²) in [6.07, 6.45) is 1.10. The maximum absolute atomic E-state index is 10.7. The molecule has 2 N–H and O–H groups in total. The molecule has 13 heavy (non-hydrogen) atoms. The van der Waals surface area contributed by atoms with Gasteiger partial charge < -0.3 is 5.11 Å². The van der Waals surface area contributed by atoms with Gasteiger partial charge in [0, 0.05) is 6.54 Å². The number of benzene rings is 1. The van der Waals surface area contributed by atoms with Gasteiger partial charge in [0.15, 0.2) is 0 Å². The van der Waals surface area contributed by atoms with Crippen LogP contribution in [0, 0.1) is 0 Å². The number of rotatable bonds is 3. The van der Waals surface area contributed by atoms with Crippen LogP contribution in [0.3, 0.4) is 0 Å². The second-order valence-electron chi connectivity index (χ2n) is 2.76. The Bertz CT molecular complexity index is 369. The lowest BCUT2D eigenvalue weighted by atomic mass is 10.2. The first-order valence-corrected chi connectivity index (χ1v) is 5.59. The van der Waals surface area contributed by atoms with Crippen LogP contribution < -0.4 is 4.72 Å². The normalized spacial score (nSPS) is 11.5. The van der Waals surface area contributed by atoms with E-state index in [0.29, 0.717) is 0 Å². The third-order valence-corrected chi connectivity index (χ3v) is 2.14. The number of phenolic OH excluding ortho intramolecular Hbond substituents is 1. The molecule has 0 atom stereocenters. The maximum atomic E-state index is 10.7. The van der Waals surface area contributed by atoms with Crippen LogP contribution in [-0.2, 0) is 16.6 Å². The third kappa shape index (κ3) is 3.91. The van der Waals surface area contributed by atoms with Gasteiger partial charge in [-0.15, -0.1) is 0 Å². The Labute approximate surface area is 77.3 Å². The fraction of sp³-hybridized carbons (Fsp3) is 0.250. The van der Waals surface area contributed by atoms with Crippen LogP contribution in [0.1, 0.15) is 5.56 Å². The third-order valence-electron chi connectivity index (χ3n) is 1.47. The van der Waals surface area contributed by atoms with E-state index in [9.17, 15) is 8.42 Å².